The highest BCUT2D eigenvalue weighted by Crippen LogP contribution is 2.21. The Morgan fingerprint density at radius 1 is 0.955 bits per heavy atom. The SMILES string of the molecule is Cc1occ(-c2ccccc2)c(=O)c1OCc1ccccc1. The predicted octanol–water partition coefficient (Wildman–Crippen LogP) is 4.19. The number of ether oxygens (including phenoxy) is 1. The molecule has 0 radical (unpaired) electrons. The maximum absolute atomic E-state index is 12.6. The van der Waals surface area contributed by atoms with Crippen molar-refractivity contribution in [3.63, 3.8) is 0 Å². The third kappa shape index (κ3) is 2.93. The zero-order valence-electron chi connectivity index (χ0n) is 12.3. The van der Waals surface area contributed by atoms with E-state index in [0.717, 1.165) is 11.1 Å². The minimum absolute atomic E-state index is 0.147. The van der Waals surface area contributed by atoms with Crippen LogP contribution in [0.25, 0.3) is 11.1 Å². The second-order valence-corrected chi connectivity index (χ2v) is 5.00. The first kappa shape index (κ1) is 14.1. The Bertz CT molecular complexity index is 805. The highest BCUT2D eigenvalue weighted by atomic mass is 16.5. The van der Waals surface area contributed by atoms with Gasteiger partial charge in [-0.1, -0.05) is 60.7 Å². The summed E-state index contributed by atoms with van der Waals surface area (Å²) in [6.07, 6.45) is 1.49. The van der Waals surface area contributed by atoms with Gasteiger partial charge in [0.2, 0.25) is 11.2 Å². The number of hydrogen-bond acceptors (Lipinski definition) is 3. The van der Waals surface area contributed by atoms with Crippen LogP contribution in [0.2, 0.25) is 0 Å². The number of hydrogen-bond donors (Lipinski definition) is 0. The van der Waals surface area contributed by atoms with Crippen molar-refractivity contribution < 1.29 is 9.15 Å². The molecule has 0 fully saturated rings. The van der Waals surface area contributed by atoms with Gasteiger partial charge in [-0.2, -0.15) is 0 Å². The molecule has 110 valence electrons. The molecule has 0 aliphatic heterocycles. The van der Waals surface area contributed by atoms with Gasteiger partial charge in [-0.05, 0) is 18.1 Å². The molecule has 3 rings (SSSR count). The topological polar surface area (TPSA) is 39.4 Å². The normalized spacial score (nSPS) is 10.4. The Hall–Kier alpha value is -2.81. The molecular formula is C19H16O3. The van der Waals surface area contributed by atoms with Gasteiger partial charge in [-0.3, -0.25) is 4.79 Å². The van der Waals surface area contributed by atoms with Gasteiger partial charge in [-0.25, -0.2) is 0 Å². The highest BCUT2D eigenvalue weighted by molar-refractivity contribution is 5.63. The molecular weight excluding hydrogens is 276 g/mol. The van der Waals surface area contributed by atoms with Crippen LogP contribution in [-0.2, 0) is 6.61 Å². The quantitative estimate of drug-likeness (QED) is 0.723. The first-order valence-electron chi connectivity index (χ1n) is 7.10. The maximum Gasteiger partial charge on any atom is 0.234 e. The van der Waals surface area contributed by atoms with E-state index in [4.69, 9.17) is 9.15 Å². The molecule has 0 atom stereocenters. The fourth-order valence-corrected chi connectivity index (χ4v) is 2.25. The van der Waals surface area contributed by atoms with Crippen molar-refractivity contribution in [3.8, 4) is 16.9 Å². The van der Waals surface area contributed by atoms with Gasteiger partial charge in [0.1, 0.15) is 18.6 Å². The lowest BCUT2D eigenvalue weighted by atomic mass is 10.1. The van der Waals surface area contributed by atoms with E-state index in [-0.39, 0.29) is 11.2 Å². The Morgan fingerprint density at radius 2 is 1.59 bits per heavy atom. The zero-order chi connectivity index (χ0) is 15.4. The van der Waals surface area contributed by atoms with Crippen LogP contribution < -0.4 is 10.2 Å². The summed E-state index contributed by atoms with van der Waals surface area (Å²) in [4.78, 5) is 12.6. The molecule has 0 bridgehead atoms. The van der Waals surface area contributed by atoms with E-state index in [1.54, 1.807) is 6.92 Å². The number of rotatable bonds is 4. The molecule has 0 unspecified atom stereocenters. The van der Waals surface area contributed by atoms with Crippen LogP contribution in [0.15, 0.2) is 76.1 Å². The molecule has 22 heavy (non-hydrogen) atoms. The molecule has 3 aromatic rings. The third-order valence-electron chi connectivity index (χ3n) is 3.43. The van der Waals surface area contributed by atoms with Gasteiger partial charge in [-0.15, -0.1) is 0 Å². The Labute approximate surface area is 128 Å². The van der Waals surface area contributed by atoms with Gasteiger partial charge < -0.3 is 9.15 Å². The average Bonchev–Trinajstić information content (AvgIpc) is 2.56. The van der Waals surface area contributed by atoms with Crippen molar-refractivity contribution in [3.05, 3.63) is 88.5 Å². The van der Waals surface area contributed by atoms with Gasteiger partial charge in [0.25, 0.3) is 0 Å². The molecule has 0 saturated carbocycles. The smallest absolute Gasteiger partial charge is 0.234 e. The summed E-state index contributed by atoms with van der Waals surface area (Å²) in [6, 6.07) is 19.2. The molecule has 3 nitrogen and oxygen atoms in total. The number of benzene rings is 2. The molecule has 0 spiro atoms. The van der Waals surface area contributed by atoms with Gasteiger partial charge in [0.05, 0.1) is 5.56 Å². The lowest BCUT2D eigenvalue weighted by molar-refractivity contribution is 0.287. The molecule has 0 aliphatic rings. The fraction of sp³-hybridized carbons (Fsp3) is 0.105. The maximum atomic E-state index is 12.6. The zero-order valence-corrected chi connectivity index (χ0v) is 12.3. The van der Waals surface area contributed by atoms with E-state index in [2.05, 4.69) is 0 Å². The summed E-state index contributed by atoms with van der Waals surface area (Å²) in [5, 5.41) is 0. The number of aryl methyl sites for hydroxylation is 1. The molecule has 1 aromatic heterocycles. The lowest BCUT2D eigenvalue weighted by Crippen LogP contribution is -2.11. The minimum atomic E-state index is -0.147. The summed E-state index contributed by atoms with van der Waals surface area (Å²) < 4.78 is 11.2. The van der Waals surface area contributed by atoms with Crippen LogP contribution in [0.1, 0.15) is 11.3 Å². The molecule has 2 aromatic carbocycles. The van der Waals surface area contributed by atoms with E-state index in [0.29, 0.717) is 17.9 Å². The Balaban J connectivity index is 1.93. The van der Waals surface area contributed by atoms with Crippen molar-refractivity contribution in [1.29, 1.82) is 0 Å². The van der Waals surface area contributed by atoms with E-state index in [9.17, 15) is 4.79 Å². The van der Waals surface area contributed by atoms with E-state index < -0.39 is 0 Å². The first-order valence-corrected chi connectivity index (χ1v) is 7.10. The Kier molecular flexibility index (Phi) is 4.05. The molecule has 3 heteroatoms. The van der Waals surface area contributed by atoms with Crippen molar-refractivity contribution in [2.24, 2.45) is 0 Å². The summed E-state index contributed by atoms with van der Waals surface area (Å²) >= 11 is 0. The van der Waals surface area contributed by atoms with Crippen LogP contribution >= 0.6 is 0 Å². The highest BCUT2D eigenvalue weighted by Gasteiger charge is 2.13. The third-order valence-corrected chi connectivity index (χ3v) is 3.43. The van der Waals surface area contributed by atoms with E-state index in [1.165, 1.54) is 6.26 Å². The van der Waals surface area contributed by atoms with Gasteiger partial charge >= 0.3 is 0 Å². The lowest BCUT2D eigenvalue weighted by Gasteiger charge is -2.09. The molecule has 0 amide bonds. The second-order valence-electron chi connectivity index (χ2n) is 5.00. The van der Waals surface area contributed by atoms with Crippen molar-refractivity contribution in [2.45, 2.75) is 13.5 Å². The second kappa shape index (κ2) is 6.31. The average molecular weight is 292 g/mol. The summed E-state index contributed by atoms with van der Waals surface area (Å²) in [5.74, 6) is 0.755. The van der Waals surface area contributed by atoms with E-state index >= 15 is 0 Å². The minimum Gasteiger partial charge on any atom is -0.482 e. The van der Waals surface area contributed by atoms with Crippen LogP contribution in [0.4, 0.5) is 0 Å². The van der Waals surface area contributed by atoms with E-state index in [1.807, 2.05) is 60.7 Å². The Morgan fingerprint density at radius 3 is 2.27 bits per heavy atom. The standard InChI is InChI=1S/C19H16O3/c1-14-19(22-12-15-8-4-2-5-9-15)18(20)17(13-21-14)16-10-6-3-7-11-16/h2-11,13H,12H2,1H3. The molecule has 0 aliphatic carbocycles. The van der Waals surface area contributed by atoms with Crippen molar-refractivity contribution >= 4 is 0 Å². The molecule has 0 N–H and O–H groups in total. The largest absolute Gasteiger partial charge is 0.482 e. The molecule has 1 heterocycles. The van der Waals surface area contributed by atoms with Crippen molar-refractivity contribution in [2.75, 3.05) is 0 Å². The summed E-state index contributed by atoms with van der Waals surface area (Å²) in [5.41, 5.74) is 2.19. The summed E-state index contributed by atoms with van der Waals surface area (Å²) in [6.45, 7) is 2.07. The van der Waals surface area contributed by atoms with Crippen LogP contribution in [-0.4, -0.2) is 0 Å². The predicted molar refractivity (Wildman–Crippen MR) is 85.9 cm³/mol. The monoisotopic (exact) mass is 292 g/mol. The van der Waals surface area contributed by atoms with Crippen LogP contribution in [0.3, 0.4) is 0 Å². The van der Waals surface area contributed by atoms with Crippen LogP contribution in [0.5, 0.6) is 5.75 Å². The molecule has 0 saturated heterocycles. The van der Waals surface area contributed by atoms with Crippen LogP contribution in [0, 0.1) is 6.92 Å². The van der Waals surface area contributed by atoms with Gasteiger partial charge in [0.15, 0.2) is 0 Å². The van der Waals surface area contributed by atoms with Crippen molar-refractivity contribution in [1.82, 2.24) is 0 Å². The fourth-order valence-electron chi connectivity index (χ4n) is 2.25. The van der Waals surface area contributed by atoms with Gasteiger partial charge in [0, 0.05) is 0 Å². The first-order chi connectivity index (χ1) is 10.8. The summed E-state index contributed by atoms with van der Waals surface area (Å²) in [7, 11) is 0.